The highest BCUT2D eigenvalue weighted by Crippen LogP contribution is 2.44. The fraction of sp³-hybridized carbons (Fsp3) is 0.105. The van der Waals surface area contributed by atoms with Crippen molar-refractivity contribution in [2.24, 2.45) is 0 Å². The summed E-state index contributed by atoms with van der Waals surface area (Å²) in [4.78, 5) is 26.9. The number of ether oxygens (including phenoxy) is 1. The highest BCUT2D eigenvalue weighted by atomic mass is 16.5. The quantitative estimate of drug-likeness (QED) is 0.733. The van der Waals surface area contributed by atoms with Crippen molar-refractivity contribution in [2.45, 2.75) is 5.92 Å². The van der Waals surface area contributed by atoms with Crippen LogP contribution in [0.3, 0.4) is 0 Å². The van der Waals surface area contributed by atoms with E-state index in [1.807, 2.05) is 48.5 Å². The summed E-state index contributed by atoms with van der Waals surface area (Å²) in [6, 6.07) is 15.9. The summed E-state index contributed by atoms with van der Waals surface area (Å²) < 4.78 is 5.34. The van der Waals surface area contributed by atoms with Crippen LogP contribution in [0.15, 0.2) is 54.9 Å². The molecule has 0 aliphatic heterocycles. The molecule has 2 aromatic carbocycles. The first-order valence-corrected chi connectivity index (χ1v) is 8.18. The third-order valence-electron chi connectivity index (χ3n) is 4.39. The third-order valence-corrected chi connectivity index (χ3v) is 4.39. The Kier molecular flexibility index (Phi) is 4.21. The number of carboxylic acid groups (broad SMARTS) is 1. The Labute approximate surface area is 153 Å². The van der Waals surface area contributed by atoms with E-state index in [1.165, 1.54) is 0 Å². The molecule has 3 aromatic rings. The van der Waals surface area contributed by atoms with Crippen LogP contribution in [0.5, 0.6) is 0 Å². The molecule has 8 heteroatoms. The Balaban J connectivity index is 1.51. The van der Waals surface area contributed by atoms with Crippen molar-refractivity contribution >= 4 is 17.9 Å². The summed E-state index contributed by atoms with van der Waals surface area (Å²) in [5, 5.41) is 18.4. The molecule has 1 aliphatic carbocycles. The molecule has 1 amide bonds. The van der Waals surface area contributed by atoms with E-state index in [4.69, 9.17) is 9.84 Å². The average Bonchev–Trinajstić information content (AvgIpc) is 3.00. The maximum absolute atomic E-state index is 12.1. The van der Waals surface area contributed by atoms with Crippen LogP contribution in [-0.4, -0.2) is 39.0 Å². The number of carbonyl (C=O) groups excluding carboxylic acids is 1. The predicted octanol–water partition coefficient (Wildman–Crippen LogP) is 2.93. The zero-order valence-corrected chi connectivity index (χ0v) is 14.0. The number of nitrogens with zero attached hydrogens (tertiary/aromatic N) is 3. The smallest absolute Gasteiger partial charge is 0.412 e. The number of carboxylic acids is 1. The van der Waals surface area contributed by atoms with Gasteiger partial charge in [0, 0.05) is 5.92 Å². The van der Waals surface area contributed by atoms with E-state index >= 15 is 0 Å². The van der Waals surface area contributed by atoms with Crippen molar-refractivity contribution in [1.82, 2.24) is 15.2 Å². The van der Waals surface area contributed by atoms with Crippen molar-refractivity contribution in [1.29, 1.82) is 0 Å². The Hall–Kier alpha value is -3.81. The molecule has 1 heterocycles. The van der Waals surface area contributed by atoms with Gasteiger partial charge in [-0.05, 0) is 22.3 Å². The Bertz CT molecular complexity index is 992. The van der Waals surface area contributed by atoms with Gasteiger partial charge in [-0.2, -0.15) is 0 Å². The molecule has 0 saturated heterocycles. The predicted molar refractivity (Wildman–Crippen MR) is 95.5 cm³/mol. The lowest BCUT2D eigenvalue weighted by atomic mass is 9.98. The number of fused-ring (bicyclic) bond motifs is 3. The molecule has 0 spiro atoms. The molecule has 0 unspecified atom stereocenters. The van der Waals surface area contributed by atoms with Gasteiger partial charge in [0.25, 0.3) is 0 Å². The molecule has 134 valence electrons. The van der Waals surface area contributed by atoms with E-state index < -0.39 is 17.8 Å². The Morgan fingerprint density at radius 3 is 2.30 bits per heavy atom. The molecule has 27 heavy (non-hydrogen) atoms. The Morgan fingerprint density at radius 1 is 1.04 bits per heavy atom. The van der Waals surface area contributed by atoms with E-state index in [2.05, 4.69) is 20.5 Å². The highest BCUT2D eigenvalue weighted by molar-refractivity contribution is 5.95. The maximum Gasteiger partial charge on any atom is 0.412 e. The number of hydrogen-bond donors (Lipinski definition) is 2. The van der Waals surface area contributed by atoms with Crippen LogP contribution in [0.1, 0.15) is 27.5 Å². The third kappa shape index (κ3) is 3.08. The van der Waals surface area contributed by atoms with Crippen molar-refractivity contribution < 1.29 is 19.4 Å². The van der Waals surface area contributed by atoms with Gasteiger partial charge in [-0.25, -0.2) is 14.6 Å². The molecule has 0 bridgehead atoms. The van der Waals surface area contributed by atoms with E-state index in [0.29, 0.717) is 0 Å². The molecular formula is C19H14N4O4. The number of aromatic nitrogens is 3. The van der Waals surface area contributed by atoms with Gasteiger partial charge in [-0.15, -0.1) is 10.2 Å². The lowest BCUT2D eigenvalue weighted by Crippen LogP contribution is -2.21. The largest absolute Gasteiger partial charge is 0.476 e. The lowest BCUT2D eigenvalue weighted by Gasteiger charge is -2.14. The molecule has 1 aliphatic rings. The standard InChI is InChI=1S/C19H14N4O4/c24-18(25)16-17(23-21-10-20-16)22-19(26)27-9-15-13-7-3-1-5-11(13)12-6-2-4-8-14(12)15/h1-8,10,15H,9H2,(H,24,25)(H,22,23,26). The number of benzene rings is 2. The molecule has 8 nitrogen and oxygen atoms in total. The van der Waals surface area contributed by atoms with Crippen LogP contribution in [0.25, 0.3) is 11.1 Å². The van der Waals surface area contributed by atoms with Crippen molar-refractivity contribution in [3.05, 3.63) is 71.7 Å². The van der Waals surface area contributed by atoms with Gasteiger partial charge in [0.15, 0.2) is 11.5 Å². The summed E-state index contributed by atoms with van der Waals surface area (Å²) in [5.74, 6) is -1.68. The van der Waals surface area contributed by atoms with Gasteiger partial charge < -0.3 is 9.84 Å². The highest BCUT2D eigenvalue weighted by Gasteiger charge is 2.29. The molecule has 1 aromatic heterocycles. The molecular weight excluding hydrogens is 348 g/mol. The molecule has 0 fully saturated rings. The minimum absolute atomic E-state index is 0.0953. The van der Waals surface area contributed by atoms with Crippen LogP contribution < -0.4 is 5.32 Å². The molecule has 0 atom stereocenters. The monoisotopic (exact) mass is 362 g/mol. The van der Waals surface area contributed by atoms with E-state index in [1.54, 1.807) is 0 Å². The first kappa shape index (κ1) is 16.6. The number of carbonyl (C=O) groups is 2. The van der Waals surface area contributed by atoms with Gasteiger partial charge in [0.05, 0.1) is 0 Å². The number of hydrogen-bond acceptors (Lipinski definition) is 6. The summed E-state index contributed by atoms with van der Waals surface area (Å²) in [6.45, 7) is 0.107. The minimum Gasteiger partial charge on any atom is -0.476 e. The fourth-order valence-electron chi connectivity index (χ4n) is 3.25. The van der Waals surface area contributed by atoms with Crippen molar-refractivity contribution in [3.8, 4) is 11.1 Å². The van der Waals surface area contributed by atoms with Crippen molar-refractivity contribution in [2.75, 3.05) is 11.9 Å². The Morgan fingerprint density at radius 2 is 1.67 bits per heavy atom. The van der Waals surface area contributed by atoms with E-state index in [9.17, 15) is 9.59 Å². The summed E-state index contributed by atoms with van der Waals surface area (Å²) in [6.07, 6.45) is 0.175. The maximum atomic E-state index is 12.1. The minimum atomic E-state index is -1.32. The molecule has 2 N–H and O–H groups in total. The SMILES string of the molecule is O=C(Nc1nncnc1C(=O)O)OCC1c2ccccc2-c2ccccc21. The molecule has 0 saturated carbocycles. The average molecular weight is 362 g/mol. The number of aromatic carboxylic acids is 1. The second kappa shape index (κ2) is 6.83. The molecule has 4 rings (SSSR count). The van der Waals surface area contributed by atoms with E-state index in [-0.39, 0.29) is 18.3 Å². The number of anilines is 1. The van der Waals surface area contributed by atoms with Gasteiger partial charge in [0.1, 0.15) is 12.9 Å². The van der Waals surface area contributed by atoms with E-state index in [0.717, 1.165) is 28.6 Å². The lowest BCUT2D eigenvalue weighted by molar-refractivity contribution is 0.0691. The molecule has 0 radical (unpaired) electrons. The number of amides is 1. The van der Waals surface area contributed by atoms with Crippen LogP contribution in [0.4, 0.5) is 10.6 Å². The van der Waals surface area contributed by atoms with Crippen LogP contribution in [0, 0.1) is 0 Å². The number of nitrogens with one attached hydrogen (secondary N) is 1. The van der Waals surface area contributed by atoms with Gasteiger partial charge in [-0.1, -0.05) is 48.5 Å². The van der Waals surface area contributed by atoms with Crippen LogP contribution in [0.2, 0.25) is 0 Å². The van der Waals surface area contributed by atoms with Gasteiger partial charge >= 0.3 is 12.1 Å². The normalized spacial score (nSPS) is 12.1. The van der Waals surface area contributed by atoms with Crippen LogP contribution in [-0.2, 0) is 4.74 Å². The van der Waals surface area contributed by atoms with Gasteiger partial charge in [0.2, 0.25) is 0 Å². The summed E-state index contributed by atoms with van der Waals surface area (Å²) in [7, 11) is 0. The zero-order chi connectivity index (χ0) is 18.8. The zero-order valence-electron chi connectivity index (χ0n) is 14.0. The topological polar surface area (TPSA) is 114 Å². The summed E-state index contributed by atoms with van der Waals surface area (Å²) in [5.41, 5.74) is 4.00. The fourth-order valence-corrected chi connectivity index (χ4v) is 3.25. The second-order valence-electron chi connectivity index (χ2n) is 5.91. The number of rotatable bonds is 4. The summed E-state index contributed by atoms with van der Waals surface area (Å²) >= 11 is 0. The first-order chi connectivity index (χ1) is 13.1. The van der Waals surface area contributed by atoms with Gasteiger partial charge in [-0.3, -0.25) is 5.32 Å². The first-order valence-electron chi connectivity index (χ1n) is 8.18. The van der Waals surface area contributed by atoms with Crippen molar-refractivity contribution in [3.63, 3.8) is 0 Å². The van der Waals surface area contributed by atoms with Crippen LogP contribution >= 0.6 is 0 Å². The second-order valence-corrected chi connectivity index (χ2v) is 5.91.